The maximum atomic E-state index is 13.2. The van der Waals surface area contributed by atoms with Crippen LogP contribution in [0.3, 0.4) is 0 Å². The Morgan fingerprint density at radius 2 is 1.38 bits per heavy atom. The van der Waals surface area contributed by atoms with Crippen LogP contribution in [0.15, 0.2) is 0 Å². The summed E-state index contributed by atoms with van der Waals surface area (Å²) < 4.78 is 117. The molecule has 0 saturated carbocycles. The molecule has 0 saturated heterocycles. The van der Waals surface area contributed by atoms with Gasteiger partial charge in [0.25, 0.3) is 0 Å². The zero-order chi connectivity index (χ0) is 17.3. The number of halogens is 9. The summed E-state index contributed by atoms with van der Waals surface area (Å²) in [5.74, 6) is -20.5. The van der Waals surface area contributed by atoms with Gasteiger partial charge in [-0.25, -0.2) is 0 Å². The van der Waals surface area contributed by atoms with E-state index in [1.54, 1.807) is 0 Å². The molecule has 0 amide bonds. The third-order valence-corrected chi connectivity index (χ3v) is 2.48. The Morgan fingerprint density at radius 1 is 0.952 bits per heavy atom. The number of rotatable bonds is 6. The number of alkyl halides is 9. The lowest BCUT2D eigenvalue weighted by molar-refractivity contribution is -0.398. The molecule has 0 aliphatic rings. The van der Waals surface area contributed by atoms with Gasteiger partial charge >= 0.3 is 29.9 Å². The highest BCUT2D eigenvalue weighted by atomic mass is 19.4. The Bertz CT molecular complexity index is 375. The van der Waals surface area contributed by atoms with Crippen molar-refractivity contribution >= 4 is 5.97 Å². The van der Waals surface area contributed by atoms with E-state index in [1.165, 1.54) is 0 Å². The van der Waals surface area contributed by atoms with Crippen molar-refractivity contribution in [2.75, 3.05) is 0 Å². The van der Waals surface area contributed by atoms with Crippen LogP contribution in [0.4, 0.5) is 39.5 Å². The van der Waals surface area contributed by atoms with E-state index < -0.39 is 48.9 Å². The molecule has 0 aromatic carbocycles. The van der Waals surface area contributed by atoms with Gasteiger partial charge < -0.3 is 4.74 Å². The van der Waals surface area contributed by atoms with Gasteiger partial charge in [0.15, 0.2) is 0 Å². The number of esters is 1. The topological polar surface area (TPSA) is 26.3 Å². The number of hydrogen-bond acceptors (Lipinski definition) is 2. The zero-order valence-electron chi connectivity index (χ0n) is 10.7. The predicted octanol–water partition coefficient (Wildman–Crippen LogP) is 4.19. The maximum absolute atomic E-state index is 13.2. The average Bonchev–Trinajstić information content (AvgIpc) is 2.24. The highest BCUT2D eigenvalue weighted by molar-refractivity contribution is 5.66. The average molecular weight is 334 g/mol. The molecule has 0 fully saturated rings. The van der Waals surface area contributed by atoms with E-state index in [2.05, 4.69) is 4.74 Å². The Labute approximate surface area is 113 Å². The maximum Gasteiger partial charge on any atom is 0.460 e. The van der Waals surface area contributed by atoms with E-state index in [0.29, 0.717) is 0 Å². The molecule has 0 aromatic heterocycles. The first kappa shape index (κ1) is 19.8. The van der Waals surface area contributed by atoms with Crippen molar-refractivity contribution in [1.29, 1.82) is 0 Å². The molecular formula is C10H11F9O2. The lowest BCUT2D eigenvalue weighted by Gasteiger charge is -2.34. The van der Waals surface area contributed by atoms with Crippen LogP contribution in [-0.4, -0.2) is 36.0 Å². The third kappa shape index (κ3) is 3.94. The number of carbonyl (C=O) groups excluding carboxylic acids is 1. The summed E-state index contributed by atoms with van der Waals surface area (Å²) in [6.07, 6.45) is -11.4. The Balaban J connectivity index is 5.42. The molecule has 0 N–H and O–H groups in total. The van der Waals surface area contributed by atoms with Gasteiger partial charge in [-0.3, -0.25) is 4.79 Å². The molecule has 11 heteroatoms. The van der Waals surface area contributed by atoms with E-state index >= 15 is 0 Å². The molecule has 0 radical (unpaired) electrons. The summed E-state index contributed by atoms with van der Waals surface area (Å²) in [6.45, 7) is 1.84. The smallest absolute Gasteiger partial charge is 0.460 e. The predicted molar refractivity (Wildman–Crippen MR) is 51.4 cm³/mol. The van der Waals surface area contributed by atoms with Gasteiger partial charge in [0, 0.05) is 6.92 Å². The highest BCUT2D eigenvalue weighted by Crippen LogP contribution is 2.54. The molecule has 0 rings (SSSR count). The Hall–Kier alpha value is -1.16. The van der Waals surface area contributed by atoms with Crippen LogP contribution in [0, 0.1) is 0 Å². The van der Waals surface area contributed by atoms with Crippen LogP contribution in [0.1, 0.15) is 26.7 Å². The third-order valence-electron chi connectivity index (χ3n) is 2.48. The van der Waals surface area contributed by atoms with Gasteiger partial charge in [-0.2, -0.15) is 39.5 Å². The summed E-state index contributed by atoms with van der Waals surface area (Å²) in [5, 5.41) is 0. The van der Waals surface area contributed by atoms with E-state index in [4.69, 9.17) is 0 Å². The molecule has 0 aromatic rings. The molecule has 126 valence electrons. The molecule has 0 bridgehead atoms. The SMILES string of the molecule is CCC(CC(F)(F)C(F)(F)C(F)(F)C(F)(F)F)OC(C)=O. The molecule has 21 heavy (non-hydrogen) atoms. The second-order valence-electron chi connectivity index (χ2n) is 4.19. The van der Waals surface area contributed by atoms with E-state index in [-0.39, 0.29) is 0 Å². The van der Waals surface area contributed by atoms with Crippen molar-refractivity contribution in [3.63, 3.8) is 0 Å². The highest BCUT2D eigenvalue weighted by Gasteiger charge is 2.81. The van der Waals surface area contributed by atoms with Gasteiger partial charge in [0.05, 0.1) is 6.42 Å². The van der Waals surface area contributed by atoms with Gasteiger partial charge in [0.2, 0.25) is 0 Å². The lowest BCUT2D eigenvalue weighted by atomic mass is 9.97. The minimum atomic E-state index is -6.93. The normalized spacial score (nSPS) is 15.8. The summed E-state index contributed by atoms with van der Waals surface area (Å²) in [6, 6.07) is 0. The fourth-order valence-corrected chi connectivity index (χ4v) is 1.33. The van der Waals surface area contributed by atoms with Crippen molar-refractivity contribution in [3.05, 3.63) is 0 Å². The molecule has 1 atom stereocenters. The van der Waals surface area contributed by atoms with Crippen LogP contribution < -0.4 is 0 Å². The van der Waals surface area contributed by atoms with Crippen LogP contribution in [0.25, 0.3) is 0 Å². The van der Waals surface area contributed by atoms with Crippen LogP contribution >= 0.6 is 0 Å². The van der Waals surface area contributed by atoms with Gasteiger partial charge in [-0.15, -0.1) is 0 Å². The number of hydrogen-bond donors (Lipinski definition) is 0. The second-order valence-corrected chi connectivity index (χ2v) is 4.19. The van der Waals surface area contributed by atoms with Crippen molar-refractivity contribution in [3.8, 4) is 0 Å². The lowest BCUT2D eigenvalue weighted by Crippen LogP contribution is -2.61. The fraction of sp³-hybridized carbons (Fsp3) is 0.900. The van der Waals surface area contributed by atoms with Crippen molar-refractivity contribution in [2.24, 2.45) is 0 Å². The Morgan fingerprint density at radius 3 is 1.67 bits per heavy atom. The van der Waals surface area contributed by atoms with Crippen molar-refractivity contribution in [1.82, 2.24) is 0 Å². The molecule has 1 unspecified atom stereocenters. The summed E-state index contributed by atoms with van der Waals surface area (Å²) in [5.41, 5.74) is 0. The van der Waals surface area contributed by atoms with E-state index in [1.807, 2.05) is 0 Å². The standard InChI is InChI=1S/C10H11F9O2/c1-3-6(21-5(2)20)4-7(11,12)8(13,14)9(15,16)10(17,18)19/h6H,3-4H2,1-2H3. The first-order valence-electron chi connectivity index (χ1n) is 5.47. The Kier molecular flexibility index (Phi) is 5.59. The van der Waals surface area contributed by atoms with E-state index in [0.717, 1.165) is 13.8 Å². The summed E-state index contributed by atoms with van der Waals surface area (Å²) >= 11 is 0. The second kappa shape index (κ2) is 5.91. The first-order chi connectivity index (χ1) is 9.10. The largest absolute Gasteiger partial charge is 0.462 e. The number of carbonyl (C=O) groups is 1. The molecule has 0 aliphatic heterocycles. The molecule has 0 heterocycles. The quantitative estimate of drug-likeness (QED) is 0.538. The van der Waals surface area contributed by atoms with Crippen molar-refractivity contribution in [2.45, 2.75) is 56.7 Å². The molecule has 0 aliphatic carbocycles. The van der Waals surface area contributed by atoms with E-state index in [9.17, 15) is 44.3 Å². The summed E-state index contributed by atoms with van der Waals surface area (Å²) in [7, 11) is 0. The minimum Gasteiger partial charge on any atom is -0.462 e. The molecule has 2 nitrogen and oxygen atoms in total. The monoisotopic (exact) mass is 334 g/mol. The zero-order valence-corrected chi connectivity index (χ0v) is 10.7. The fourth-order valence-electron chi connectivity index (χ4n) is 1.33. The van der Waals surface area contributed by atoms with Gasteiger partial charge in [-0.1, -0.05) is 6.92 Å². The van der Waals surface area contributed by atoms with Gasteiger partial charge in [0.1, 0.15) is 6.10 Å². The van der Waals surface area contributed by atoms with Crippen molar-refractivity contribution < 1.29 is 49.0 Å². The van der Waals surface area contributed by atoms with Crippen LogP contribution in [-0.2, 0) is 9.53 Å². The molecular weight excluding hydrogens is 323 g/mol. The first-order valence-corrected chi connectivity index (χ1v) is 5.47. The molecule has 0 spiro atoms. The minimum absolute atomic E-state index is 0.469. The van der Waals surface area contributed by atoms with Crippen LogP contribution in [0.2, 0.25) is 0 Å². The number of ether oxygens (including phenoxy) is 1. The summed E-state index contributed by atoms with van der Waals surface area (Å²) in [4.78, 5) is 10.5. The van der Waals surface area contributed by atoms with Crippen LogP contribution in [0.5, 0.6) is 0 Å². The van der Waals surface area contributed by atoms with Gasteiger partial charge in [-0.05, 0) is 6.42 Å².